The fourth-order valence-corrected chi connectivity index (χ4v) is 2.10. The van der Waals surface area contributed by atoms with Crippen LogP contribution in [0.1, 0.15) is 12.6 Å². The number of aryl methyl sites for hydroxylation is 1. The predicted molar refractivity (Wildman–Crippen MR) is 76.6 cm³/mol. The average molecular weight is 250 g/mol. The van der Waals surface area contributed by atoms with Crippen molar-refractivity contribution >= 4 is 16.6 Å². The van der Waals surface area contributed by atoms with Crippen molar-refractivity contribution in [1.29, 1.82) is 0 Å². The van der Waals surface area contributed by atoms with Gasteiger partial charge in [-0.1, -0.05) is 31.2 Å². The zero-order valence-electron chi connectivity index (χ0n) is 10.7. The first-order valence-electron chi connectivity index (χ1n) is 6.25. The van der Waals surface area contributed by atoms with E-state index in [0.29, 0.717) is 11.6 Å². The van der Waals surface area contributed by atoms with Gasteiger partial charge in [-0.05, 0) is 17.9 Å². The predicted octanol–water partition coefficient (Wildman–Crippen LogP) is 2.84. The second kappa shape index (κ2) is 4.65. The molecule has 0 fully saturated rings. The zero-order valence-corrected chi connectivity index (χ0v) is 10.7. The maximum Gasteiger partial charge on any atom is 0.181 e. The molecular weight excluding hydrogens is 236 g/mol. The summed E-state index contributed by atoms with van der Waals surface area (Å²) in [4.78, 5) is 13.2. The van der Waals surface area contributed by atoms with Crippen molar-refractivity contribution in [2.45, 2.75) is 13.3 Å². The van der Waals surface area contributed by atoms with Crippen LogP contribution in [0.4, 0.5) is 5.82 Å². The van der Waals surface area contributed by atoms with Gasteiger partial charge in [-0.2, -0.15) is 0 Å². The van der Waals surface area contributed by atoms with Crippen molar-refractivity contribution in [3.8, 4) is 11.5 Å². The molecule has 0 aliphatic heterocycles. The Kier molecular flexibility index (Phi) is 2.83. The van der Waals surface area contributed by atoms with Crippen molar-refractivity contribution < 1.29 is 0 Å². The first-order chi connectivity index (χ1) is 9.28. The number of fused-ring (bicyclic) bond motifs is 1. The lowest BCUT2D eigenvalue weighted by Gasteiger charge is -2.06. The summed E-state index contributed by atoms with van der Waals surface area (Å²) in [6, 6.07) is 11.8. The van der Waals surface area contributed by atoms with Crippen LogP contribution in [0.15, 0.2) is 42.6 Å². The van der Waals surface area contributed by atoms with Crippen LogP contribution in [0, 0.1) is 0 Å². The van der Waals surface area contributed by atoms with Gasteiger partial charge in [-0.3, -0.25) is 4.98 Å². The fourth-order valence-electron chi connectivity index (χ4n) is 2.10. The highest BCUT2D eigenvalue weighted by Crippen LogP contribution is 2.24. The third-order valence-corrected chi connectivity index (χ3v) is 3.05. The van der Waals surface area contributed by atoms with Gasteiger partial charge in [0.25, 0.3) is 0 Å². The molecule has 0 saturated heterocycles. The molecule has 0 aliphatic carbocycles. The molecule has 3 aromatic rings. The number of pyridine rings is 1. The number of nitrogens with two attached hydrogens (primary N) is 1. The number of hydrogen-bond donors (Lipinski definition) is 1. The normalized spacial score (nSPS) is 10.8. The second-order valence-corrected chi connectivity index (χ2v) is 4.34. The number of hydrogen-bond acceptors (Lipinski definition) is 4. The minimum Gasteiger partial charge on any atom is -0.384 e. The SMILES string of the molecule is CCc1cc(N)nc(-c2nccc3ccccc23)n1. The molecule has 4 nitrogen and oxygen atoms in total. The summed E-state index contributed by atoms with van der Waals surface area (Å²) < 4.78 is 0. The van der Waals surface area contributed by atoms with Crippen molar-refractivity contribution in [1.82, 2.24) is 15.0 Å². The van der Waals surface area contributed by atoms with Crippen LogP contribution in [0.3, 0.4) is 0 Å². The van der Waals surface area contributed by atoms with Crippen LogP contribution in [-0.4, -0.2) is 15.0 Å². The number of benzene rings is 1. The Bertz CT molecular complexity index is 732. The van der Waals surface area contributed by atoms with E-state index < -0.39 is 0 Å². The molecule has 1 aromatic carbocycles. The summed E-state index contributed by atoms with van der Waals surface area (Å²) in [6.07, 6.45) is 2.60. The van der Waals surface area contributed by atoms with Crippen LogP contribution in [0.25, 0.3) is 22.3 Å². The second-order valence-electron chi connectivity index (χ2n) is 4.34. The minimum atomic E-state index is 0.483. The number of anilines is 1. The Morgan fingerprint density at radius 1 is 1.11 bits per heavy atom. The van der Waals surface area contributed by atoms with E-state index in [2.05, 4.69) is 15.0 Å². The maximum absolute atomic E-state index is 5.84. The Morgan fingerprint density at radius 3 is 2.79 bits per heavy atom. The summed E-state index contributed by atoms with van der Waals surface area (Å²) in [5, 5.41) is 2.16. The molecule has 0 bridgehead atoms. The van der Waals surface area contributed by atoms with E-state index in [4.69, 9.17) is 5.73 Å². The third-order valence-electron chi connectivity index (χ3n) is 3.05. The summed E-state index contributed by atoms with van der Waals surface area (Å²) >= 11 is 0. The first-order valence-corrected chi connectivity index (χ1v) is 6.25. The molecule has 0 radical (unpaired) electrons. The molecule has 19 heavy (non-hydrogen) atoms. The van der Waals surface area contributed by atoms with Crippen LogP contribution in [-0.2, 0) is 6.42 Å². The third kappa shape index (κ3) is 2.12. The highest BCUT2D eigenvalue weighted by molar-refractivity contribution is 5.92. The summed E-state index contributed by atoms with van der Waals surface area (Å²) in [5.74, 6) is 1.07. The van der Waals surface area contributed by atoms with E-state index in [-0.39, 0.29) is 0 Å². The topological polar surface area (TPSA) is 64.7 Å². The molecule has 4 heteroatoms. The standard InChI is InChI=1S/C15H14N4/c1-2-11-9-13(16)19-15(18-11)14-12-6-4-3-5-10(12)7-8-17-14/h3-9H,2H2,1H3,(H2,16,18,19). The Labute approximate surface area is 111 Å². The molecule has 2 N–H and O–H groups in total. The lowest BCUT2D eigenvalue weighted by Crippen LogP contribution is -2.01. The number of nitrogen functional groups attached to an aromatic ring is 1. The van der Waals surface area contributed by atoms with Gasteiger partial charge in [0, 0.05) is 23.3 Å². The van der Waals surface area contributed by atoms with Gasteiger partial charge in [0.1, 0.15) is 11.5 Å². The Hall–Kier alpha value is -2.49. The molecule has 0 saturated carbocycles. The molecule has 3 rings (SSSR count). The minimum absolute atomic E-state index is 0.483. The van der Waals surface area contributed by atoms with Gasteiger partial charge < -0.3 is 5.73 Å². The molecule has 0 atom stereocenters. The van der Waals surface area contributed by atoms with Crippen molar-refractivity contribution in [2.24, 2.45) is 0 Å². The quantitative estimate of drug-likeness (QED) is 0.759. The van der Waals surface area contributed by atoms with Crippen LogP contribution in [0.2, 0.25) is 0 Å². The van der Waals surface area contributed by atoms with Gasteiger partial charge in [-0.25, -0.2) is 9.97 Å². The lowest BCUT2D eigenvalue weighted by molar-refractivity contribution is 1.00. The summed E-state index contributed by atoms with van der Waals surface area (Å²) in [7, 11) is 0. The summed E-state index contributed by atoms with van der Waals surface area (Å²) in [5.41, 5.74) is 7.54. The van der Waals surface area contributed by atoms with Crippen molar-refractivity contribution in [3.05, 3.63) is 48.3 Å². The smallest absolute Gasteiger partial charge is 0.181 e. The van der Waals surface area contributed by atoms with Crippen LogP contribution < -0.4 is 5.73 Å². The van der Waals surface area contributed by atoms with E-state index in [1.165, 1.54) is 0 Å². The average Bonchev–Trinajstić information content (AvgIpc) is 2.46. The van der Waals surface area contributed by atoms with E-state index in [1.807, 2.05) is 37.3 Å². The van der Waals surface area contributed by atoms with E-state index >= 15 is 0 Å². The number of rotatable bonds is 2. The molecule has 0 unspecified atom stereocenters. The largest absolute Gasteiger partial charge is 0.384 e. The molecule has 0 amide bonds. The number of nitrogens with zero attached hydrogens (tertiary/aromatic N) is 3. The fraction of sp³-hybridized carbons (Fsp3) is 0.133. The Morgan fingerprint density at radius 2 is 1.95 bits per heavy atom. The molecule has 2 aromatic heterocycles. The van der Waals surface area contributed by atoms with E-state index in [9.17, 15) is 0 Å². The highest BCUT2D eigenvalue weighted by atomic mass is 15.0. The number of aromatic nitrogens is 3. The van der Waals surface area contributed by atoms with Crippen LogP contribution >= 0.6 is 0 Å². The van der Waals surface area contributed by atoms with Gasteiger partial charge in [0.05, 0.1) is 0 Å². The van der Waals surface area contributed by atoms with Gasteiger partial charge in [-0.15, -0.1) is 0 Å². The monoisotopic (exact) mass is 250 g/mol. The van der Waals surface area contributed by atoms with E-state index in [1.54, 1.807) is 12.3 Å². The molecular formula is C15H14N4. The zero-order chi connectivity index (χ0) is 13.2. The molecule has 94 valence electrons. The van der Waals surface area contributed by atoms with Gasteiger partial charge >= 0.3 is 0 Å². The molecule has 0 spiro atoms. The van der Waals surface area contributed by atoms with Crippen molar-refractivity contribution in [2.75, 3.05) is 5.73 Å². The summed E-state index contributed by atoms with van der Waals surface area (Å²) in [6.45, 7) is 2.04. The maximum atomic E-state index is 5.84. The van der Waals surface area contributed by atoms with Crippen molar-refractivity contribution in [3.63, 3.8) is 0 Å². The van der Waals surface area contributed by atoms with Gasteiger partial charge in [0.15, 0.2) is 5.82 Å². The lowest BCUT2D eigenvalue weighted by atomic mass is 10.1. The Balaban J connectivity index is 2.27. The molecule has 0 aliphatic rings. The van der Waals surface area contributed by atoms with E-state index in [0.717, 1.165) is 28.6 Å². The first kappa shape index (κ1) is 11.6. The highest BCUT2D eigenvalue weighted by Gasteiger charge is 2.09. The molecule has 2 heterocycles. The van der Waals surface area contributed by atoms with Gasteiger partial charge in [0.2, 0.25) is 0 Å². The van der Waals surface area contributed by atoms with Crippen LogP contribution in [0.5, 0.6) is 0 Å².